The van der Waals surface area contributed by atoms with Crippen molar-refractivity contribution in [1.29, 1.82) is 0 Å². The van der Waals surface area contributed by atoms with Gasteiger partial charge in [0.25, 0.3) is 0 Å². The van der Waals surface area contributed by atoms with Crippen LogP contribution in [0.25, 0.3) is 10.2 Å². The van der Waals surface area contributed by atoms with Gasteiger partial charge in [-0.1, -0.05) is 35.6 Å². The van der Waals surface area contributed by atoms with Crippen LogP contribution in [0.3, 0.4) is 0 Å². The average molecular weight is 348 g/mol. The normalized spacial score (nSPS) is 11.7. The number of nitrogens with zero attached hydrogens (tertiary/aromatic N) is 1. The number of aromatic nitrogens is 1. The summed E-state index contributed by atoms with van der Waals surface area (Å²) in [6.45, 7) is 1.89. The van der Waals surface area contributed by atoms with Gasteiger partial charge in [0.15, 0.2) is 0 Å². The fourth-order valence-corrected chi connectivity index (χ4v) is 4.60. The Balaban J connectivity index is 1.88. The third-order valence-corrected chi connectivity index (χ3v) is 5.91. The highest BCUT2D eigenvalue weighted by Crippen LogP contribution is 2.22. The summed E-state index contributed by atoms with van der Waals surface area (Å²) in [6, 6.07) is 12.5. The molecule has 0 spiro atoms. The maximum absolute atomic E-state index is 12.4. The summed E-state index contributed by atoms with van der Waals surface area (Å²) in [6.07, 6.45) is 0. The molecule has 2 aromatic carbocycles. The zero-order valence-corrected chi connectivity index (χ0v) is 14.4. The van der Waals surface area contributed by atoms with E-state index in [9.17, 15) is 13.2 Å². The summed E-state index contributed by atoms with van der Waals surface area (Å²) < 4.78 is 29.6. The molecule has 1 heterocycles. The van der Waals surface area contributed by atoms with Crippen LogP contribution >= 0.6 is 11.3 Å². The second-order valence-electron chi connectivity index (χ2n) is 5.40. The molecule has 120 valence electrons. The molecular weight excluding hydrogens is 332 g/mol. The molecule has 0 unspecified atom stereocenters. The number of anilines is 1. The lowest BCUT2D eigenvalue weighted by molar-refractivity contribution is 0.600. The highest BCUT2D eigenvalue weighted by Gasteiger charge is 2.14. The highest BCUT2D eigenvalue weighted by atomic mass is 32.2. The first-order chi connectivity index (χ1) is 10.9. The number of aryl methyl sites for hydroxylation is 2. The summed E-state index contributed by atoms with van der Waals surface area (Å²) in [5.74, 6) is -0.0806. The average Bonchev–Trinajstić information content (AvgIpc) is 2.75. The van der Waals surface area contributed by atoms with Crippen molar-refractivity contribution in [3.8, 4) is 0 Å². The minimum absolute atomic E-state index is 0.0695. The lowest BCUT2D eigenvalue weighted by atomic mass is 10.1. The summed E-state index contributed by atoms with van der Waals surface area (Å²) in [7, 11) is -1.81. The van der Waals surface area contributed by atoms with E-state index in [1.165, 1.54) is 0 Å². The maximum Gasteiger partial charge on any atom is 0.307 e. The Labute approximate surface area is 138 Å². The van der Waals surface area contributed by atoms with Gasteiger partial charge in [-0.15, -0.1) is 0 Å². The number of benzene rings is 2. The lowest BCUT2D eigenvalue weighted by Crippen LogP contribution is -2.15. The second kappa shape index (κ2) is 5.82. The van der Waals surface area contributed by atoms with E-state index >= 15 is 0 Å². The molecule has 0 amide bonds. The van der Waals surface area contributed by atoms with Crippen LogP contribution in [0.15, 0.2) is 47.3 Å². The molecule has 0 saturated heterocycles. The summed E-state index contributed by atoms with van der Waals surface area (Å²) in [5.41, 5.74) is 2.97. The van der Waals surface area contributed by atoms with Crippen molar-refractivity contribution < 1.29 is 8.42 Å². The van der Waals surface area contributed by atoms with Gasteiger partial charge >= 0.3 is 4.87 Å². The zero-order chi connectivity index (χ0) is 16.6. The first kappa shape index (κ1) is 15.8. The summed E-state index contributed by atoms with van der Waals surface area (Å²) >= 11 is 1.10. The second-order valence-corrected chi connectivity index (χ2v) is 8.11. The fraction of sp³-hybridized carbons (Fsp3) is 0.188. The molecule has 0 aliphatic heterocycles. The topological polar surface area (TPSA) is 68.2 Å². The molecule has 0 fully saturated rings. The first-order valence-corrected chi connectivity index (χ1v) is 9.47. The molecule has 0 saturated carbocycles. The Hall–Kier alpha value is -2.12. The first-order valence-electron chi connectivity index (χ1n) is 7.00. The van der Waals surface area contributed by atoms with Crippen molar-refractivity contribution in [2.45, 2.75) is 12.7 Å². The molecule has 1 aromatic heterocycles. The van der Waals surface area contributed by atoms with Gasteiger partial charge in [0, 0.05) is 7.05 Å². The Kier molecular flexibility index (Phi) is 3.99. The smallest absolute Gasteiger partial charge is 0.302 e. The molecule has 0 radical (unpaired) electrons. The number of sulfonamides is 1. The number of rotatable bonds is 4. The van der Waals surface area contributed by atoms with Crippen molar-refractivity contribution in [2.24, 2.45) is 7.05 Å². The van der Waals surface area contributed by atoms with Crippen LogP contribution in [-0.2, 0) is 22.8 Å². The molecule has 3 aromatic rings. The minimum Gasteiger partial charge on any atom is -0.302 e. The standard InChI is InChI=1S/C16H16N2O3S2/c1-11-5-3-4-6-12(11)10-23(20,21)17-13-7-8-14-15(9-13)22-16(19)18(14)2/h3-9,17H,10H2,1-2H3. The molecule has 7 heteroatoms. The van der Waals surface area contributed by atoms with Gasteiger partial charge in [-0.3, -0.25) is 9.52 Å². The number of thiazole rings is 1. The quantitative estimate of drug-likeness (QED) is 0.788. The minimum atomic E-state index is -3.51. The van der Waals surface area contributed by atoms with Crippen LogP contribution in [0.5, 0.6) is 0 Å². The molecule has 0 bridgehead atoms. The lowest BCUT2D eigenvalue weighted by Gasteiger charge is -2.10. The van der Waals surface area contributed by atoms with Crippen LogP contribution in [0.4, 0.5) is 5.69 Å². The van der Waals surface area contributed by atoms with Gasteiger partial charge in [-0.2, -0.15) is 0 Å². The SMILES string of the molecule is Cc1ccccc1CS(=O)(=O)Nc1ccc2c(c1)sc(=O)n2C. The Morgan fingerprint density at radius 2 is 1.91 bits per heavy atom. The van der Waals surface area contributed by atoms with Crippen molar-refractivity contribution in [1.82, 2.24) is 4.57 Å². The Bertz CT molecular complexity index is 1030. The van der Waals surface area contributed by atoms with Gasteiger partial charge < -0.3 is 4.57 Å². The van der Waals surface area contributed by atoms with Gasteiger partial charge in [-0.25, -0.2) is 8.42 Å². The molecule has 3 rings (SSSR count). The van der Waals surface area contributed by atoms with E-state index < -0.39 is 10.0 Å². The maximum atomic E-state index is 12.4. The summed E-state index contributed by atoms with van der Waals surface area (Å²) in [5, 5.41) is 0. The third kappa shape index (κ3) is 3.30. The number of nitrogens with one attached hydrogen (secondary N) is 1. The molecule has 0 atom stereocenters. The van der Waals surface area contributed by atoms with Crippen LogP contribution < -0.4 is 9.60 Å². The van der Waals surface area contributed by atoms with Crippen molar-refractivity contribution in [3.63, 3.8) is 0 Å². The van der Waals surface area contributed by atoms with E-state index in [0.717, 1.165) is 32.7 Å². The van der Waals surface area contributed by atoms with Gasteiger partial charge in [-0.05, 0) is 36.2 Å². The molecular formula is C16H16N2O3S2. The van der Waals surface area contributed by atoms with Gasteiger partial charge in [0.1, 0.15) is 0 Å². The predicted octanol–water partition coefficient (Wildman–Crippen LogP) is 2.85. The van der Waals surface area contributed by atoms with Gasteiger partial charge in [0.05, 0.1) is 21.7 Å². The van der Waals surface area contributed by atoms with Crippen LogP contribution in [0.2, 0.25) is 0 Å². The molecule has 0 aliphatic rings. The van der Waals surface area contributed by atoms with E-state index in [1.807, 2.05) is 25.1 Å². The molecule has 1 N–H and O–H groups in total. The van der Waals surface area contributed by atoms with Crippen LogP contribution in [0, 0.1) is 6.92 Å². The molecule has 5 nitrogen and oxygen atoms in total. The van der Waals surface area contributed by atoms with Crippen LogP contribution in [-0.4, -0.2) is 13.0 Å². The monoisotopic (exact) mass is 348 g/mol. The molecule has 0 aliphatic carbocycles. The Morgan fingerprint density at radius 3 is 2.65 bits per heavy atom. The van der Waals surface area contributed by atoms with Crippen molar-refractivity contribution in [3.05, 3.63) is 63.3 Å². The van der Waals surface area contributed by atoms with E-state index in [4.69, 9.17) is 0 Å². The van der Waals surface area contributed by atoms with E-state index in [2.05, 4.69) is 4.72 Å². The fourth-order valence-electron chi connectivity index (χ4n) is 2.39. The largest absolute Gasteiger partial charge is 0.307 e. The van der Waals surface area contributed by atoms with E-state index in [1.54, 1.807) is 35.9 Å². The van der Waals surface area contributed by atoms with Crippen molar-refractivity contribution >= 4 is 37.3 Å². The number of hydrogen-bond acceptors (Lipinski definition) is 4. The zero-order valence-electron chi connectivity index (χ0n) is 12.7. The Morgan fingerprint density at radius 1 is 1.17 bits per heavy atom. The third-order valence-electron chi connectivity index (χ3n) is 3.67. The predicted molar refractivity (Wildman–Crippen MR) is 94.5 cm³/mol. The number of fused-ring (bicyclic) bond motifs is 1. The van der Waals surface area contributed by atoms with E-state index in [-0.39, 0.29) is 10.6 Å². The highest BCUT2D eigenvalue weighted by molar-refractivity contribution is 7.91. The van der Waals surface area contributed by atoms with Gasteiger partial charge in [0.2, 0.25) is 10.0 Å². The summed E-state index contributed by atoms with van der Waals surface area (Å²) in [4.78, 5) is 11.6. The van der Waals surface area contributed by atoms with Crippen molar-refractivity contribution in [2.75, 3.05) is 4.72 Å². The van der Waals surface area contributed by atoms with E-state index in [0.29, 0.717) is 5.69 Å². The molecule has 23 heavy (non-hydrogen) atoms. The number of hydrogen-bond donors (Lipinski definition) is 1. The van der Waals surface area contributed by atoms with Crippen LogP contribution in [0.1, 0.15) is 11.1 Å².